The van der Waals surface area contributed by atoms with Crippen molar-refractivity contribution in [3.8, 4) is 5.75 Å². The number of rotatable bonds is 4. The maximum atomic E-state index is 12.1. The molecular formula is C14H12O4S. The summed E-state index contributed by atoms with van der Waals surface area (Å²) in [6, 6.07) is 12.5. The zero-order chi connectivity index (χ0) is 13.9. The molecule has 19 heavy (non-hydrogen) atoms. The molecule has 98 valence electrons. The first kappa shape index (κ1) is 13.3. The van der Waals surface area contributed by atoms with Gasteiger partial charge in [-0.05, 0) is 42.8 Å². The van der Waals surface area contributed by atoms with Gasteiger partial charge in [-0.2, -0.15) is 8.42 Å². The van der Waals surface area contributed by atoms with Crippen LogP contribution in [0.5, 0.6) is 5.75 Å². The van der Waals surface area contributed by atoms with Crippen LogP contribution in [0.1, 0.15) is 15.9 Å². The molecule has 0 aliphatic rings. The molecule has 0 aliphatic carbocycles. The van der Waals surface area contributed by atoms with Gasteiger partial charge in [0.15, 0.2) is 0 Å². The van der Waals surface area contributed by atoms with Gasteiger partial charge in [-0.25, -0.2) is 0 Å². The third-order valence-corrected chi connectivity index (χ3v) is 3.99. The number of hydrogen-bond acceptors (Lipinski definition) is 4. The van der Waals surface area contributed by atoms with Crippen molar-refractivity contribution in [2.24, 2.45) is 0 Å². The fraction of sp³-hybridized carbons (Fsp3) is 0.0714. The van der Waals surface area contributed by atoms with Gasteiger partial charge >= 0.3 is 10.1 Å². The second-order valence-electron chi connectivity index (χ2n) is 3.99. The predicted molar refractivity (Wildman–Crippen MR) is 70.8 cm³/mol. The second kappa shape index (κ2) is 5.24. The Hall–Kier alpha value is -2.14. The van der Waals surface area contributed by atoms with E-state index in [1.165, 1.54) is 30.3 Å². The Balaban J connectivity index is 2.31. The highest BCUT2D eigenvalue weighted by molar-refractivity contribution is 7.87. The quantitative estimate of drug-likeness (QED) is 0.636. The largest absolute Gasteiger partial charge is 0.379 e. The van der Waals surface area contributed by atoms with Crippen LogP contribution < -0.4 is 4.18 Å². The van der Waals surface area contributed by atoms with E-state index >= 15 is 0 Å². The van der Waals surface area contributed by atoms with Crippen molar-refractivity contribution in [2.45, 2.75) is 11.8 Å². The van der Waals surface area contributed by atoms with Crippen molar-refractivity contribution in [2.75, 3.05) is 0 Å². The van der Waals surface area contributed by atoms with E-state index in [1.807, 2.05) is 0 Å². The molecule has 0 spiro atoms. The van der Waals surface area contributed by atoms with E-state index in [9.17, 15) is 13.2 Å². The molecular weight excluding hydrogens is 264 g/mol. The standard InChI is InChI=1S/C14H12O4S/c1-11-4-2-3-5-14(11)19(16,17)18-13-8-6-12(10-15)7-9-13/h2-10H,1H3. The molecule has 0 heterocycles. The number of hydrogen-bond donors (Lipinski definition) is 0. The van der Waals surface area contributed by atoms with E-state index in [0.29, 0.717) is 17.4 Å². The summed E-state index contributed by atoms with van der Waals surface area (Å²) in [5, 5.41) is 0. The van der Waals surface area contributed by atoms with E-state index in [-0.39, 0.29) is 10.6 Å². The fourth-order valence-corrected chi connectivity index (χ4v) is 2.77. The SMILES string of the molecule is Cc1ccccc1S(=O)(=O)Oc1ccc(C=O)cc1. The van der Waals surface area contributed by atoms with E-state index in [4.69, 9.17) is 4.18 Å². The maximum absolute atomic E-state index is 12.1. The molecule has 2 rings (SSSR count). The molecule has 2 aromatic carbocycles. The van der Waals surface area contributed by atoms with Crippen molar-refractivity contribution in [3.63, 3.8) is 0 Å². The number of carbonyl (C=O) groups excluding carboxylic acids is 1. The molecule has 0 radical (unpaired) electrons. The molecule has 0 unspecified atom stereocenters. The first-order valence-corrected chi connectivity index (χ1v) is 6.99. The third kappa shape index (κ3) is 3.00. The Bertz CT molecular complexity index is 688. The molecule has 0 saturated carbocycles. The lowest BCUT2D eigenvalue weighted by atomic mass is 10.2. The molecule has 0 N–H and O–H groups in total. The van der Waals surface area contributed by atoms with Gasteiger partial charge in [0.2, 0.25) is 0 Å². The Kier molecular flexibility index (Phi) is 3.66. The van der Waals surface area contributed by atoms with Crippen LogP contribution in [0.2, 0.25) is 0 Å². The Morgan fingerprint density at radius 1 is 1.00 bits per heavy atom. The summed E-state index contributed by atoms with van der Waals surface area (Å²) in [7, 11) is -3.85. The smallest absolute Gasteiger partial charge is 0.339 e. The molecule has 4 nitrogen and oxygen atoms in total. The maximum Gasteiger partial charge on any atom is 0.339 e. The van der Waals surface area contributed by atoms with E-state index in [0.717, 1.165) is 0 Å². The van der Waals surface area contributed by atoms with Gasteiger partial charge in [0.25, 0.3) is 0 Å². The van der Waals surface area contributed by atoms with Crippen LogP contribution in [0.3, 0.4) is 0 Å². The molecule has 0 atom stereocenters. The second-order valence-corrected chi connectivity index (χ2v) is 5.50. The average Bonchev–Trinajstić information content (AvgIpc) is 2.39. The lowest BCUT2D eigenvalue weighted by Crippen LogP contribution is -2.11. The lowest BCUT2D eigenvalue weighted by molar-refractivity contribution is 0.112. The average molecular weight is 276 g/mol. The van der Waals surface area contributed by atoms with Gasteiger partial charge in [0.1, 0.15) is 16.9 Å². The highest BCUT2D eigenvalue weighted by Gasteiger charge is 2.18. The zero-order valence-corrected chi connectivity index (χ0v) is 11.1. The van der Waals surface area contributed by atoms with Crippen molar-refractivity contribution in [3.05, 3.63) is 59.7 Å². The minimum atomic E-state index is -3.85. The summed E-state index contributed by atoms with van der Waals surface area (Å²) in [6.45, 7) is 1.70. The fourth-order valence-electron chi connectivity index (χ4n) is 1.61. The number of carbonyl (C=O) groups is 1. The van der Waals surface area contributed by atoms with Crippen LogP contribution in [0.4, 0.5) is 0 Å². The first-order valence-electron chi connectivity index (χ1n) is 5.58. The Morgan fingerprint density at radius 3 is 2.21 bits per heavy atom. The van der Waals surface area contributed by atoms with Crippen LogP contribution >= 0.6 is 0 Å². The lowest BCUT2D eigenvalue weighted by Gasteiger charge is -2.09. The zero-order valence-electron chi connectivity index (χ0n) is 10.2. The molecule has 2 aromatic rings. The van der Waals surface area contributed by atoms with Gasteiger partial charge in [-0.1, -0.05) is 18.2 Å². The van der Waals surface area contributed by atoms with Crippen molar-refractivity contribution >= 4 is 16.4 Å². The van der Waals surface area contributed by atoms with Gasteiger partial charge in [-0.3, -0.25) is 4.79 Å². The van der Waals surface area contributed by atoms with Crippen molar-refractivity contribution in [1.29, 1.82) is 0 Å². The van der Waals surface area contributed by atoms with Crippen LogP contribution in [0, 0.1) is 6.92 Å². The van der Waals surface area contributed by atoms with Crippen molar-refractivity contribution < 1.29 is 17.4 Å². The third-order valence-electron chi connectivity index (χ3n) is 2.59. The molecule has 0 saturated heterocycles. The van der Waals surface area contributed by atoms with Crippen LogP contribution in [-0.4, -0.2) is 14.7 Å². The van der Waals surface area contributed by atoms with E-state index in [1.54, 1.807) is 25.1 Å². The number of benzene rings is 2. The molecule has 0 fully saturated rings. The predicted octanol–water partition coefficient (Wildman–Crippen LogP) is 2.58. The van der Waals surface area contributed by atoms with Gasteiger partial charge in [0, 0.05) is 5.56 Å². The first-order chi connectivity index (χ1) is 9.03. The van der Waals surface area contributed by atoms with Gasteiger partial charge in [-0.15, -0.1) is 0 Å². The molecule has 0 aromatic heterocycles. The minimum absolute atomic E-state index is 0.134. The topological polar surface area (TPSA) is 60.4 Å². The molecule has 0 bridgehead atoms. The van der Waals surface area contributed by atoms with Crippen LogP contribution in [0.25, 0.3) is 0 Å². The van der Waals surface area contributed by atoms with Gasteiger partial charge in [0.05, 0.1) is 0 Å². The molecule has 0 amide bonds. The normalized spacial score (nSPS) is 11.0. The molecule has 5 heteroatoms. The highest BCUT2D eigenvalue weighted by Crippen LogP contribution is 2.21. The molecule has 0 aliphatic heterocycles. The van der Waals surface area contributed by atoms with E-state index < -0.39 is 10.1 Å². The van der Waals surface area contributed by atoms with Crippen molar-refractivity contribution in [1.82, 2.24) is 0 Å². The minimum Gasteiger partial charge on any atom is -0.379 e. The summed E-state index contributed by atoms with van der Waals surface area (Å²) in [4.78, 5) is 10.6. The van der Waals surface area contributed by atoms with E-state index in [2.05, 4.69) is 0 Å². The summed E-state index contributed by atoms with van der Waals surface area (Å²) in [5.41, 5.74) is 1.08. The summed E-state index contributed by atoms with van der Waals surface area (Å²) in [5.74, 6) is 0.175. The summed E-state index contributed by atoms with van der Waals surface area (Å²) >= 11 is 0. The van der Waals surface area contributed by atoms with Crippen LogP contribution in [0.15, 0.2) is 53.4 Å². The Labute approximate surface area is 111 Å². The Morgan fingerprint density at radius 2 is 1.63 bits per heavy atom. The van der Waals surface area contributed by atoms with Crippen LogP contribution in [-0.2, 0) is 10.1 Å². The van der Waals surface area contributed by atoms with Gasteiger partial charge < -0.3 is 4.18 Å². The summed E-state index contributed by atoms with van der Waals surface area (Å²) < 4.78 is 29.2. The summed E-state index contributed by atoms with van der Waals surface area (Å²) in [6.07, 6.45) is 0.680. The highest BCUT2D eigenvalue weighted by atomic mass is 32.2. The number of aryl methyl sites for hydroxylation is 1. The monoisotopic (exact) mass is 276 g/mol. The number of aldehydes is 1.